The molecule has 4 rings (SSSR count). The van der Waals surface area contributed by atoms with Crippen LogP contribution in [0, 0.1) is 6.92 Å². The van der Waals surface area contributed by atoms with E-state index in [1.54, 1.807) is 0 Å². The molecule has 0 saturated carbocycles. The fourth-order valence-corrected chi connectivity index (χ4v) is 3.65. The number of carbonyl (C=O) groups excluding carboxylic acids is 1. The maximum atomic E-state index is 12.6. The van der Waals surface area contributed by atoms with E-state index in [0.717, 1.165) is 41.3 Å². The van der Waals surface area contributed by atoms with Gasteiger partial charge in [-0.1, -0.05) is 41.9 Å². The van der Waals surface area contributed by atoms with Gasteiger partial charge in [-0.25, -0.2) is 4.68 Å². The van der Waals surface area contributed by atoms with Gasteiger partial charge in [0.15, 0.2) is 0 Å². The molecule has 0 bridgehead atoms. The van der Waals surface area contributed by atoms with Crippen molar-refractivity contribution in [2.24, 2.45) is 0 Å². The van der Waals surface area contributed by atoms with Gasteiger partial charge in [-0.3, -0.25) is 4.79 Å². The van der Waals surface area contributed by atoms with E-state index < -0.39 is 0 Å². The van der Waals surface area contributed by atoms with Gasteiger partial charge in [0.1, 0.15) is 0 Å². The fraction of sp³-hybridized carbons (Fsp3) is 0.273. The van der Waals surface area contributed by atoms with Gasteiger partial charge in [-0.2, -0.15) is 5.10 Å². The molecule has 1 aliphatic heterocycles. The zero-order valence-electron chi connectivity index (χ0n) is 15.4. The van der Waals surface area contributed by atoms with Crippen LogP contribution in [0.4, 0.5) is 0 Å². The second-order valence-corrected chi connectivity index (χ2v) is 7.47. The predicted molar refractivity (Wildman–Crippen MR) is 107 cm³/mol. The lowest BCUT2D eigenvalue weighted by atomic mass is 9.99. The van der Waals surface area contributed by atoms with Crippen molar-refractivity contribution in [3.63, 3.8) is 0 Å². The van der Waals surface area contributed by atoms with Gasteiger partial charge in [0.2, 0.25) is 5.91 Å². The van der Waals surface area contributed by atoms with E-state index in [1.807, 2.05) is 53.2 Å². The molecule has 2 aromatic carbocycles. The van der Waals surface area contributed by atoms with E-state index in [0.29, 0.717) is 12.8 Å². The first-order valence-electron chi connectivity index (χ1n) is 9.25. The summed E-state index contributed by atoms with van der Waals surface area (Å²) in [4.78, 5) is 14.6. The molecule has 0 radical (unpaired) electrons. The highest BCUT2D eigenvalue weighted by Gasteiger charge is 2.20. The van der Waals surface area contributed by atoms with Crippen LogP contribution < -0.4 is 0 Å². The zero-order chi connectivity index (χ0) is 18.8. The van der Waals surface area contributed by atoms with E-state index in [9.17, 15) is 4.79 Å². The molecule has 1 aromatic heterocycles. The van der Waals surface area contributed by atoms with Crippen molar-refractivity contribution in [2.75, 3.05) is 6.54 Å². The average molecular weight is 380 g/mol. The number of amides is 1. The average Bonchev–Trinajstić information content (AvgIpc) is 3.17. The molecule has 4 nitrogen and oxygen atoms in total. The number of rotatable bonds is 4. The molecular weight excluding hydrogens is 358 g/mol. The van der Waals surface area contributed by atoms with Crippen LogP contribution in [0.25, 0.3) is 5.69 Å². The van der Waals surface area contributed by atoms with Crippen molar-refractivity contribution in [3.05, 3.63) is 82.1 Å². The van der Waals surface area contributed by atoms with Crippen LogP contribution in [0.15, 0.2) is 54.9 Å². The lowest BCUT2D eigenvalue weighted by Crippen LogP contribution is -2.36. The molecule has 5 heteroatoms. The number of aryl methyl sites for hydroxylation is 2. The van der Waals surface area contributed by atoms with Gasteiger partial charge >= 0.3 is 0 Å². The Morgan fingerprint density at radius 2 is 2.00 bits per heavy atom. The second-order valence-electron chi connectivity index (χ2n) is 7.06. The Morgan fingerprint density at radius 1 is 1.19 bits per heavy atom. The SMILES string of the molecule is Cc1ccc(-n2cc(CCC(=O)N3CCc4ccccc4C3)cn2)cc1Cl. The third-order valence-corrected chi connectivity index (χ3v) is 5.57. The molecule has 0 aliphatic carbocycles. The number of carbonyl (C=O) groups is 1. The van der Waals surface area contributed by atoms with Gasteiger partial charge in [0.05, 0.1) is 11.9 Å². The minimum absolute atomic E-state index is 0.204. The van der Waals surface area contributed by atoms with Crippen molar-refractivity contribution in [1.82, 2.24) is 14.7 Å². The van der Waals surface area contributed by atoms with Crippen LogP contribution >= 0.6 is 11.6 Å². The Bertz CT molecular complexity index is 979. The maximum Gasteiger partial charge on any atom is 0.223 e. The largest absolute Gasteiger partial charge is 0.338 e. The number of fused-ring (bicyclic) bond motifs is 1. The summed E-state index contributed by atoms with van der Waals surface area (Å²) >= 11 is 6.20. The number of hydrogen-bond donors (Lipinski definition) is 0. The Labute approximate surface area is 164 Å². The summed E-state index contributed by atoms with van der Waals surface area (Å²) in [5.74, 6) is 0.204. The van der Waals surface area contributed by atoms with Gasteiger partial charge < -0.3 is 4.90 Å². The molecule has 3 aromatic rings. The number of nitrogens with zero attached hydrogens (tertiary/aromatic N) is 3. The highest BCUT2D eigenvalue weighted by molar-refractivity contribution is 6.31. The fourth-order valence-electron chi connectivity index (χ4n) is 3.47. The first-order valence-corrected chi connectivity index (χ1v) is 9.62. The van der Waals surface area contributed by atoms with Gasteiger partial charge in [-0.05, 0) is 54.2 Å². The highest BCUT2D eigenvalue weighted by Crippen LogP contribution is 2.21. The lowest BCUT2D eigenvalue weighted by Gasteiger charge is -2.28. The van der Waals surface area contributed by atoms with Crippen molar-refractivity contribution in [2.45, 2.75) is 32.7 Å². The Hall–Kier alpha value is -2.59. The quantitative estimate of drug-likeness (QED) is 0.675. The number of benzene rings is 2. The Balaban J connectivity index is 1.37. The number of hydrogen-bond acceptors (Lipinski definition) is 2. The van der Waals surface area contributed by atoms with Gasteiger partial charge in [0, 0.05) is 30.7 Å². The molecular formula is C22H22ClN3O. The minimum Gasteiger partial charge on any atom is -0.338 e. The molecule has 0 N–H and O–H groups in total. The van der Waals surface area contributed by atoms with Crippen LogP contribution in [0.5, 0.6) is 0 Å². The van der Waals surface area contributed by atoms with E-state index in [1.165, 1.54) is 11.1 Å². The van der Waals surface area contributed by atoms with Crippen molar-refractivity contribution in [1.29, 1.82) is 0 Å². The van der Waals surface area contributed by atoms with Gasteiger partial charge in [-0.15, -0.1) is 0 Å². The van der Waals surface area contributed by atoms with Crippen LogP contribution in [-0.2, 0) is 24.2 Å². The molecule has 138 valence electrons. The molecule has 2 heterocycles. The molecule has 0 atom stereocenters. The van der Waals surface area contributed by atoms with Crippen molar-refractivity contribution in [3.8, 4) is 5.69 Å². The van der Waals surface area contributed by atoms with Crippen molar-refractivity contribution >= 4 is 17.5 Å². The number of aromatic nitrogens is 2. The first-order chi connectivity index (χ1) is 13.1. The first kappa shape index (κ1) is 17.8. The highest BCUT2D eigenvalue weighted by atomic mass is 35.5. The summed E-state index contributed by atoms with van der Waals surface area (Å²) in [6.45, 7) is 3.50. The van der Waals surface area contributed by atoms with Crippen molar-refractivity contribution < 1.29 is 4.79 Å². The third kappa shape index (κ3) is 3.91. The summed E-state index contributed by atoms with van der Waals surface area (Å²) in [5, 5.41) is 5.14. The maximum absolute atomic E-state index is 12.6. The van der Waals surface area contributed by atoms with Crippen LogP contribution in [0.1, 0.15) is 28.7 Å². The monoisotopic (exact) mass is 379 g/mol. The Kier molecular flexibility index (Phi) is 4.99. The normalized spacial score (nSPS) is 13.5. The molecule has 1 aliphatic rings. The summed E-state index contributed by atoms with van der Waals surface area (Å²) < 4.78 is 1.81. The van der Waals surface area contributed by atoms with Gasteiger partial charge in [0.25, 0.3) is 0 Å². The van der Waals surface area contributed by atoms with Crippen LogP contribution in [0.2, 0.25) is 5.02 Å². The third-order valence-electron chi connectivity index (χ3n) is 5.17. The summed E-state index contributed by atoms with van der Waals surface area (Å²) in [6.07, 6.45) is 5.93. The van der Waals surface area contributed by atoms with E-state index in [4.69, 9.17) is 11.6 Å². The molecule has 0 spiro atoms. The van der Waals surface area contributed by atoms with Crippen LogP contribution in [-0.4, -0.2) is 27.1 Å². The smallest absolute Gasteiger partial charge is 0.223 e. The lowest BCUT2D eigenvalue weighted by molar-refractivity contribution is -0.132. The molecule has 0 fully saturated rings. The minimum atomic E-state index is 0.204. The molecule has 0 unspecified atom stereocenters. The van der Waals surface area contributed by atoms with Crippen LogP contribution in [0.3, 0.4) is 0 Å². The Morgan fingerprint density at radius 3 is 2.81 bits per heavy atom. The zero-order valence-corrected chi connectivity index (χ0v) is 16.1. The summed E-state index contributed by atoms with van der Waals surface area (Å²) in [6, 6.07) is 14.3. The molecule has 0 saturated heterocycles. The summed E-state index contributed by atoms with van der Waals surface area (Å²) in [5.41, 5.74) is 5.65. The van der Waals surface area contributed by atoms with E-state index >= 15 is 0 Å². The topological polar surface area (TPSA) is 38.1 Å². The van der Waals surface area contributed by atoms with E-state index in [-0.39, 0.29) is 5.91 Å². The number of halogens is 1. The standard InChI is InChI=1S/C22H22ClN3O/c1-16-6-8-20(12-21(16)23)26-14-17(13-24-26)7-9-22(27)25-11-10-18-4-2-3-5-19(18)15-25/h2-6,8,12-14H,7,9-11,15H2,1H3. The molecule has 1 amide bonds. The predicted octanol–water partition coefficient (Wildman–Crippen LogP) is 4.35. The second kappa shape index (κ2) is 7.57. The molecule has 27 heavy (non-hydrogen) atoms. The van der Waals surface area contributed by atoms with E-state index in [2.05, 4.69) is 23.3 Å². The summed E-state index contributed by atoms with van der Waals surface area (Å²) in [7, 11) is 0.